The summed E-state index contributed by atoms with van der Waals surface area (Å²) in [7, 11) is 0. The summed E-state index contributed by atoms with van der Waals surface area (Å²) in [4.78, 5) is 2.75. The van der Waals surface area contributed by atoms with Crippen LogP contribution in [0.4, 0.5) is 0 Å². The molecule has 0 radical (unpaired) electrons. The van der Waals surface area contributed by atoms with E-state index in [1.165, 1.54) is 32.4 Å². The van der Waals surface area contributed by atoms with Gasteiger partial charge in [-0.2, -0.15) is 0 Å². The second-order valence-electron chi connectivity index (χ2n) is 5.46. The van der Waals surface area contributed by atoms with Gasteiger partial charge in [0.25, 0.3) is 0 Å². The molecule has 4 atom stereocenters. The van der Waals surface area contributed by atoms with Crippen LogP contribution in [-0.4, -0.2) is 24.0 Å². The first-order valence-electron chi connectivity index (χ1n) is 6.45. The van der Waals surface area contributed by atoms with Gasteiger partial charge in [-0.25, -0.2) is 0 Å². The van der Waals surface area contributed by atoms with E-state index in [2.05, 4.69) is 36.1 Å². The van der Waals surface area contributed by atoms with E-state index in [-0.39, 0.29) is 0 Å². The molecule has 15 heavy (non-hydrogen) atoms. The van der Waals surface area contributed by atoms with Crippen molar-refractivity contribution in [2.75, 3.05) is 13.1 Å². The van der Waals surface area contributed by atoms with Crippen LogP contribution in [0.3, 0.4) is 0 Å². The van der Waals surface area contributed by atoms with Crippen LogP contribution in [0.15, 0.2) is 24.3 Å². The van der Waals surface area contributed by atoms with Crippen molar-refractivity contribution in [2.45, 2.75) is 32.2 Å². The molecular weight excluding hydrogens is 182 g/mol. The number of hydrogen-bond acceptors (Lipinski definition) is 1. The van der Waals surface area contributed by atoms with Gasteiger partial charge in [0.05, 0.1) is 0 Å². The van der Waals surface area contributed by atoms with E-state index in [1.54, 1.807) is 0 Å². The van der Waals surface area contributed by atoms with Crippen LogP contribution in [0, 0.1) is 17.8 Å². The van der Waals surface area contributed by atoms with E-state index < -0.39 is 0 Å². The Labute approximate surface area is 92.8 Å². The molecule has 0 aromatic rings. The van der Waals surface area contributed by atoms with Gasteiger partial charge in [-0.1, -0.05) is 31.2 Å². The summed E-state index contributed by atoms with van der Waals surface area (Å²) in [6.45, 7) is 5.13. The molecule has 82 valence electrons. The number of allylic oxidation sites excluding steroid dienone is 3. The Bertz CT molecular complexity index is 286. The molecule has 1 heterocycles. The van der Waals surface area contributed by atoms with Crippen molar-refractivity contribution in [3.63, 3.8) is 0 Å². The quantitative estimate of drug-likeness (QED) is 0.633. The molecule has 3 aliphatic rings. The number of hydrogen-bond donors (Lipinski definition) is 0. The summed E-state index contributed by atoms with van der Waals surface area (Å²) in [6.07, 6.45) is 13.6. The van der Waals surface area contributed by atoms with Crippen LogP contribution >= 0.6 is 0 Å². The molecule has 2 fully saturated rings. The molecule has 0 amide bonds. The molecule has 0 bridgehead atoms. The van der Waals surface area contributed by atoms with Crippen LogP contribution in [0.2, 0.25) is 0 Å². The Balaban J connectivity index is 1.81. The summed E-state index contributed by atoms with van der Waals surface area (Å²) in [5.74, 6) is 2.52. The highest BCUT2D eigenvalue weighted by molar-refractivity contribution is 5.20. The van der Waals surface area contributed by atoms with Crippen molar-refractivity contribution in [2.24, 2.45) is 17.8 Å². The highest BCUT2D eigenvalue weighted by atomic mass is 15.2. The first-order chi connectivity index (χ1) is 7.36. The normalized spacial score (nSPS) is 44.9. The lowest BCUT2D eigenvalue weighted by Gasteiger charge is -2.32. The monoisotopic (exact) mass is 203 g/mol. The number of fused-ring (bicyclic) bond motifs is 1. The Morgan fingerprint density at radius 1 is 1.07 bits per heavy atom. The van der Waals surface area contributed by atoms with E-state index in [9.17, 15) is 0 Å². The van der Waals surface area contributed by atoms with Gasteiger partial charge < -0.3 is 0 Å². The molecule has 4 unspecified atom stereocenters. The lowest BCUT2D eigenvalue weighted by atomic mass is 9.89. The molecule has 0 spiro atoms. The summed E-state index contributed by atoms with van der Waals surface area (Å²) in [5, 5.41) is 0. The zero-order valence-corrected chi connectivity index (χ0v) is 9.60. The van der Waals surface area contributed by atoms with Crippen LogP contribution in [0.1, 0.15) is 26.2 Å². The van der Waals surface area contributed by atoms with Crippen molar-refractivity contribution >= 4 is 0 Å². The van der Waals surface area contributed by atoms with Crippen molar-refractivity contribution in [3.8, 4) is 0 Å². The van der Waals surface area contributed by atoms with Crippen molar-refractivity contribution in [1.29, 1.82) is 0 Å². The van der Waals surface area contributed by atoms with Crippen molar-refractivity contribution < 1.29 is 0 Å². The van der Waals surface area contributed by atoms with Crippen molar-refractivity contribution in [3.05, 3.63) is 24.3 Å². The largest absolute Gasteiger partial charge is 0.300 e. The molecule has 0 aromatic carbocycles. The van der Waals surface area contributed by atoms with Gasteiger partial charge >= 0.3 is 0 Å². The molecule has 1 nitrogen and oxygen atoms in total. The van der Waals surface area contributed by atoms with Crippen LogP contribution in [-0.2, 0) is 0 Å². The molecule has 0 aromatic heterocycles. The first-order valence-corrected chi connectivity index (χ1v) is 6.45. The maximum Gasteiger partial charge on any atom is 0.0190 e. The van der Waals surface area contributed by atoms with Crippen molar-refractivity contribution in [1.82, 2.24) is 4.90 Å². The molecule has 1 saturated heterocycles. The van der Waals surface area contributed by atoms with E-state index in [0.717, 1.165) is 23.8 Å². The zero-order chi connectivity index (χ0) is 10.3. The third-order valence-electron chi connectivity index (χ3n) is 4.48. The average molecular weight is 203 g/mol. The molecule has 1 saturated carbocycles. The summed E-state index contributed by atoms with van der Waals surface area (Å²) >= 11 is 0. The van der Waals surface area contributed by atoms with Gasteiger partial charge in [0.1, 0.15) is 0 Å². The summed E-state index contributed by atoms with van der Waals surface area (Å²) < 4.78 is 0. The maximum absolute atomic E-state index is 2.75. The lowest BCUT2D eigenvalue weighted by Crippen LogP contribution is -2.39. The fraction of sp³-hybridized carbons (Fsp3) is 0.714. The standard InChI is InChI=1S/C14H21N/c1-11-10-12-6-2-3-7-13(12)14(11)15-8-4-5-9-15/h2-3,6-7,11-14H,4-5,8-10H2,1H3. The predicted octanol–water partition coefficient (Wildman–Crippen LogP) is 2.85. The highest BCUT2D eigenvalue weighted by Crippen LogP contribution is 2.43. The highest BCUT2D eigenvalue weighted by Gasteiger charge is 2.42. The molecule has 1 aliphatic heterocycles. The Hall–Kier alpha value is -0.560. The molecular formula is C14H21N. The number of likely N-dealkylation sites (tertiary alicyclic amines) is 1. The van der Waals surface area contributed by atoms with Gasteiger partial charge in [-0.3, -0.25) is 4.90 Å². The Morgan fingerprint density at radius 2 is 1.80 bits per heavy atom. The second-order valence-corrected chi connectivity index (χ2v) is 5.46. The smallest absolute Gasteiger partial charge is 0.0190 e. The minimum absolute atomic E-state index is 0.808. The zero-order valence-electron chi connectivity index (χ0n) is 9.60. The predicted molar refractivity (Wildman–Crippen MR) is 63.6 cm³/mol. The summed E-state index contributed by atoms with van der Waals surface area (Å²) in [5.41, 5.74) is 0. The van der Waals surface area contributed by atoms with Gasteiger partial charge in [0.15, 0.2) is 0 Å². The minimum Gasteiger partial charge on any atom is -0.300 e. The van der Waals surface area contributed by atoms with Gasteiger partial charge in [0.2, 0.25) is 0 Å². The van der Waals surface area contributed by atoms with Crippen LogP contribution in [0.5, 0.6) is 0 Å². The number of nitrogens with zero attached hydrogens (tertiary/aromatic N) is 1. The Kier molecular flexibility index (Phi) is 2.44. The van der Waals surface area contributed by atoms with E-state index in [1.807, 2.05) is 0 Å². The van der Waals surface area contributed by atoms with Gasteiger partial charge in [0, 0.05) is 6.04 Å². The molecule has 1 heteroatoms. The summed E-state index contributed by atoms with van der Waals surface area (Å²) in [6, 6.07) is 0.832. The minimum atomic E-state index is 0.808. The van der Waals surface area contributed by atoms with Crippen LogP contribution < -0.4 is 0 Å². The van der Waals surface area contributed by atoms with Crippen LogP contribution in [0.25, 0.3) is 0 Å². The van der Waals surface area contributed by atoms with Gasteiger partial charge in [-0.05, 0) is 50.1 Å². The van der Waals surface area contributed by atoms with E-state index in [0.29, 0.717) is 0 Å². The maximum atomic E-state index is 2.75. The topological polar surface area (TPSA) is 3.24 Å². The fourth-order valence-electron chi connectivity index (χ4n) is 3.86. The lowest BCUT2D eigenvalue weighted by molar-refractivity contribution is 0.177. The third-order valence-corrected chi connectivity index (χ3v) is 4.48. The third kappa shape index (κ3) is 1.57. The SMILES string of the molecule is CC1CC2C=CC=CC2C1N1CCCC1. The number of rotatable bonds is 1. The molecule has 3 rings (SSSR count). The van der Waals surface area contributed by atoms with E-state index >= 15 is 0 Å². The van der Waals surface area contributed by atoms with Gasteiger partial charge in [-0.15, -0.1) is 0 Å². The molecule has 2 aliphatic carbocycles. The first kappa shape index (κ1) is 9.65. The Morgan fingerprint density at radius 3 is 2.60 bits per heavy atom. The second kappa shape index (κ2) is 3.79. The fourth-order valence-corrected chi connectivity index (χ4v) is 3.86. The van der Waals surface area contributed by atoms with E-state index in [4.69, 9.17) is 0 Å². The average Bonchev–Trinajstić information content (AvgIpc) is 2.82. The molecule has 0 N–H and O–H groups in total.